The molecule has 4 rings (SSSR count). The summed E-state index contributed by atoms with van der Waals surface area (Å²) in [5.41, 5.74) is 7.22. The molecule has 38 heavy (non-hydrogen) atoms. The fourth-order valence-corrected chi connectivity index (χ4v) is 4.19. The van der Waals surface area contributed by atoms with Crippen LogP contribution in [0, 0.1) is 17.8 Å². The first kappa shape index (κ1) is 33.6. The summed E-state index contributed by atoms with van der Waals surface area (Å²) in [6, 6.07) is 1.72. The average Bonchev–Trinajstić information content (AvgIpc) is 3.71. The van der Waals surface area contributed by atoms with E-state index < -0.39 is 5.50 Å². The zero-order chi connectivity index (χ0) is 28.5. The van der Waals surface area contributed by atoms with Crippen LogP contribution >= 0.6 is 23.4 Å². The largest absolute Gasteiger partial charge is 0.495 e. The molecular weight excluding hydrogens is 522 g/mol. The monoisotopic (exact) mass is 565 g/mol. The predicted molar refractivity (Wildman–Crippen MR) is 161 cm³/mol. The molecule has 3 unspecified atom stereocenters. The molecule has 3 aliphatic rings. The number of amides is 1. The standard InChI is InChI=1S/C21H26ClN7O2S.3C2H6/c1-23-11-26-18-8-14(15(9-25-18)13-7-17(22)24-10-16(13)31-2)20(30)27-21-29-28-19(32-21)6-5-12-3-4-12;3*1-2/h7-10,12,17,19,21,23-24,28-29H,3-4,11H2,1-2H3,(H,25,26)(H,27,30);3*1-2H3. The number of hydrogen-bond donors (Lipinski definition) is 6. The van der Waals surface area contributed by atoms with Crippen LogP contribution in [0.2, 0.25) is 0 Å². The van der Waals surface area contributed by atoms with E-state index in [-0.39, 0.29) is 16.8 Å². The van der Waals surface area contributed by atoms with Crippen molar-refractivity contribution in [2.75, 3.05) is 26.1 Å². The molecule has 3 heterocycles. The van der Waals surface area contributed by atoms with Crippen molar-refractivity contribution < 1.29 is 9.53 Å². The highest BCUT2D eigenvalue weighted by atomic mass is 35.5. The number of aromatic nitrogens is 1. The number of alkyl halides is 1. The number of nitrogens with one attached hydrogen (secondary N) is 6. The maximum atomic E-state index is 13.3. The van der Waals surface area contributed by atoms with Gasteiger partial charge in [-0.3, -0.25) is 4.79 Å². The third-order valence-electron chi connectivity index (χ3n) is 4.93. The number of pyridine rings is 1. The third-order valence-corrected chi connectivity index (χ3v) is 6.20. The van der Waals surface area contributed by atoms with Gasteiger partial charge in [-0.15, -0.1) is 0 Å². The minimum Gasteiger partial charge on any atom is -0.495 e. The molecule has 2 aliphatic heterocycles. The summed E-state index contributed by atoms with van der Waals surface area (Å²) in [7, 11) is 3.39. The Balaban J connectivity index is 0.00000112. The van der Waals surface area contributed by atoms with E-state index in [4.69, 9.17) is 16.3 Å². The summed E-state index contributed by atoms with van der Waals surface area (Å²) in [4.78, 5) is 17.8. The molecular formula is C27H44ClN7O2S. The van der Waals surface area contributed by atoms with E-state index in [2.05, 4.69) is 48.9 Å². The summed E-state index contributed by atoms with van der Waals surface area (Å²) in [6.07, 6.45) is 7.49. The Kier molecular flexibility index (Phi) is 16.6. The molecule has 1 saturated heterocycles. The van der Waals surface area contributed by atoms with Crippen LogP contribution < -0.4 is 32.1 Å². The Hall–Kier alpha value is -2.42. The number of allylic oxidation sites excluding steroid dienone is 1. The Labute approximate surface area is 237 Å². The molecule has 0 radical (unpaired) electrons. The molecule has 2 fully saturated rings. The van der Waals surface area contributed by atoms with Gasteiger partial charge in [0.05, 0.1) is 19.3 Å². The van der Waals surface area contributed by atoms with Gasteiger partial charge in [0.25, 0.3) is 5.91 Å². The first-order valence-electron chi connectivity index (χ1n) is 13.3. The second-order valence-electron chi connectivity index (χ2n) is 7.40. The van der Waals surface area contributed by atoms with Gasteiger partial charge in [0.1, 0.15) is 27.9 Å². The van der Waals surface area contributed by atoms with Crippen molar-refractivity contribution in [3.05, 3.63) is 41.4 Å². The zero-order valence-corrected chi connectivity index (χ0v) is 25.4. The van der Waals surface area contributed by atoms with Gasteiger partial charge in [-0.1, -0.05) is 76.7 Å². The van der Waals surface area contributed by atoms with Crippen molar-refractivity contribution in [1.82, 2.24) is 31.8 Å². The minimum absolute atomic E-state index is 0.0715. The van der Waals surface area contributed by atoms with Crippen LogP contribution in [0.4, 0.5) is 5.82 Å². The highest BCUT2D eigenvalue weighted by Crippen LogP contribution is 2.31. The molecule has 11 heteroatoms. The lowest BCUT2D eigenvalue weighted by Crippen LogP contribution is -2.43. The lowest BCUT2D eigenvalue weighted by Gasteiger charge is -2.22. The summed E-state index contributed by atoms with van der Waals surface area (Å²) < 4.78 is 5.48. The van der Waals surface area contributed by atoms with E-state index in [0.29, 0.717) is 40.9 Å². The normalized spacial score (nSPS) is 21.0. The minimum atomic E-state index is -0.427. The van der Waals surface area contributed by atoms with Gasteiger partial charge >= 0.3 is 0 Å². The molecule has 0 aromatic carbocycles. The van der Waals surface area contributed by atoms with Gasteiger partial charge in [-0.2, -0.15) is 0 Å². The van der Waals surface area contributed by atoms with Gasteiger partial charge < -0.3 is 26.0 Å². The van der Waals surface area contributed by atoms with Crippen molar-refractivity contribution in [1.29, 1.82) is 0 Å². The van der Waals surface area contributed by atoms with Crippen LogP contribution in [0.5, 0.6) is 0 Å². The zero-order valence-electron chi connectivity index (χ0n) is 23.8. The number of dihydropyridines is 1. The Morgan fingerprint density at radius 1 is 1.18 bits per heavy atom. The van der Waals surface area contributed by atoms with E-state index >= 15 is 0 Å². The number of methoxy groups -OCH3 is 1. The quantitative estimate of drug-likeness (QED) is 0.124. The molecule has 1 aromatic rings. The molecule has 9 nitrogen and oxygen atoms in total. The number of anilines is 1. The molecule has 1 saturated carbocycles. The topological polar surface area (TPSA) is 111 Å². The number of carbonyl (C=O) groups is 1. The van der Waals surface area contributed by atoms with Crippen LogP contribution in [0.3, 0.4) is 0 Å². The number of hydrogen-bond acceptors (Lipinski definition) is 9. The number of nitrogens with zero attached hydrogens (tertiary/aromatic N) is 1. The molecule has 1 aromatic heterocycles. The molecule has 6 N–H and O–H groups in total. The van der Waals surface area contributed by atoms with E-state index in [9.17, 15) is 4.79 Å². The SMILES string of the molecule is CC.CC.CC.CNCNc1cc(C(=O)NC2NNC(C#CC3CC3)S2)c(C2=CC(Cl)NC=C2OC)cn1. The molecule has 0 bridgehead atoms. The fraction of sp³-hybridized carbons (Fsp3) is 0.556. The Bertz CT molecular complexity index is 989. The first-order chi connectivity index (χ1) is 18.6. The van der Waals surface area contributed by atoms with E-state index in [0.717, 1.165) is 0 Å². The van der Waals surface area contributed by atoms with Gasteiger partial charge in [0.15, 0.2) is 0 Å². The van der Waals surface area contributed by atoms with Gasteiger partial charge in [0.2, 0.25) is 0 Å². The third kappa shape index (κ3) is 10.4. The van der Waals surface area contributed by atoms with Crippen LogP contribution in [-0.4, -0.2) is 48.1 Å². The van der Waals surface area contributed by atoms with Crippen LogP contribution in [0.25, 0.3) is 5.57 Å². The summed E-state index contributed by atoms with van der Waals surface area (Å²) in [6.45, 7) is 12.5. The van der Waals surface area contributed by atoms with E-state index in [1.165, 1.54) is 24.6 Å². The fourth-order valence-electron chi connectivity index (χ4n) is 3.15. The molecule has 0 spiro atoms. The average molecular weight is 566 g/mol. The van der Waals surface area contributed by atoms with Crippen molar-refractivity contribution >= 4 is 40.7 Å². The smallest absolute Gasteiger partial charge is 0.254 e. The number of halogens is 1. The number of thioether (sulfide) groups is 1. The van der Waals surface area contributed by atoms with Gasteiger partial charge in [-0.25, -0.2) is 15.8 Å². The van der Waals surface area contributed by atoms with E-state index in [1.807, 2.05) is 48.6 Å². The highest BCUT2D eigenvalue weighted by molar-refractivity contribution is 8.00. The number of hydrazine groups is 1. The lowest BCUT2D eigenvalue weighted by molar-refractivity contribution is 0.0944. The van der Waals surface area contributed by atoms with Gasteiger partial charge in [0, 0.05) is 29.5 Å². The van der Waals surface area contributed by atoms with Crippen molar-refractivity contribution in [3.8, 4) is 11.8 Å². The first-order valence-corrected chi connectivity index (χ1v) is 14.7. The Morgan fingerprint density at radius 2 is 1.89 bits per heavy atom. The summed E-state index contributed by atoms with van der Waals surface area (Å²) >= 11 is 7.78. The maximum absolute atomic E-state index is 13.3. The second-order valence-corrected chi connectivity index (χ2v) is 9.09. The van der Waals surface area contributed by atoms with Crippen LogP contribution in [0.1, 0.15) is 70.3 Å². The molecule has 212 valence electrons. The van der Waals surface area contributed by atoms with Crippen LogP contribution in [0.15, 0.2) is 30.3 Å². The predicted octanol–water partition coefficient (Wildman–Crippen LogP) is 4.38. The number of ether oxygens (including phenoxy) is 1. The summed E-state index contributed by atoms with van der Waals surface area (Å²) in [5, 5.41) is 12.1. The molecule has 3 atom stereocenters. The van der Waals surface area contributed by atoms with Crippen LogP contribution in [-0.2, 0) is 4.74 Å². The van der Waals surface area contributed by atoms with Crippen molar-refractivity contribution in [2.24, 2.45) is 5.92 Å². The summed E-state index contributed by atoms with van der Waals surface area (Å²) in [5.74, 6) is 7.87. The lowest BCUT2D eigenvalue weighted by atomic mass is 9.98. The maximum Gasteiger partial charge on any atom is 0.254 e. The van der Waals surface area contributed by atoms with Crippen molar-refractivity contribution in [3.63, 3.8) is 0 Å². The number of carbonyl (C=O) groups excluding carboxylic acids is 1. The Morgan fingerprint density at radius 3 is 2.53 bits per heavy atom. The van der Waals surface area contributed by atoms with Crippen molar-refractivity contribution in [2.45, 2.75) is 70.8 Å². The second kappa shape index (κ2) is 18.8. The van der Waals surface area contributed by atoms with Gasteiger partial charge in [-0.05, 0) is 32.0 Å². The highest BCUT2D eigenvalue weighted by Gasteiger charge is 2.28. The number of rotatable bonds is 7. The molecule has 1 aliphatic carbocycles. The molecule has 1 amide bonds. The van der Waals surface area contributed by atoms with E-state index in [1.54, 1.807) is 31.6 Å².